The molecule has 2 unspecified atom stereocenters. The Balaban J connectivity index is 1.56. The van der Waals surface area contributed by atoms with Gasteiger partial charge in [-0.3, -0.25) is 0 Å². The number of nitrogens with one attached hydrogen (secondary N) is 1. The van der Waals surface area contributed by atoms with Gasteiger partial charge in [0.1, 0.15) is 17.3 Å². The van der Waals surface area contributed by atoms with E-state index in [9.17, 15) is 5.11 Å². The molecule has 124 valence electrons. The van der Waals surface area contributed by atoms with Crippen molar-refractivity contribution in [3.05, 3.63) is 18.1 Å². The van der Waals surface area contributed by atoms with E-state index in [2.05, 4.69) is 19.9 Å². The molecule has 0 radical (unpaired) electrons. The highest BCUT2D eigenvalue weighted by Gasteiger charge is 2.56. The topological polar surface area (TPSA) is 74.3 Å². The van der Waals surface area contributed by atoms with Crippen LogP contribution >= 0.6 is 0 Å². The summed E-state index contributed by atoms with van der Waals surface area (Å²) in [5, 5.41) is 11.4. The highest BCUT2D eigenvalue weighted by Crippen LogP contribution is 2.51. The maximum atomic E-state index is 10.3. The average Bonchev–Trinajstić information content (AvgIpc) is 3.02. The smallest absolute Gasteiger partial charge is 0.143 e. The van der Waals surface area contributed by atoms with Gasteiger partial charge in [0.2, 0.25) is 0 Å². The van der Waals surface area contributed by atoms with E-state index in [1.165, 1.54) is 0 Å². The average molecular weight is 316 g/mol. The minimum Gasteiger partial charge on any atom is -0.392 e. The maximum absolute atomic E-state index is 10.3. The Hall–Kier alpha value is -1.66. The summed E-state index contributed by atoms with van der Waals surface area (Å²) in [4.78, 5) is 14.6. The van der Waals surface area contributed by atoms with E-state index >= 15 is 0 Å². The van der Waals surface area contributed by atoms with E-state index in [0.29, 0.717) is 0 Å². The number of aliphatic hydroxyl groups is 1. The number of rotatable bonds is 3. The second-order valence-electron chi connectivity index (χ2n) is 6.75. The summed E-state index contributed by atoms with van der Waals surface area (Å²) in [6.07, 6.45) is 4.59. The van der Waals surface area contributed by atoms with Gasteiger partial charge in [-0.25, -0.2) is 9.97 Å². The molecule has 1 saturated heterocycles. The van der Waals surface area contributed by atoms with Gasteiger partial charge in [0, 0.05) is 37.7 Å². The molecule has 4 rings (SSSR count). The molecule has 6 heteroatoms. The minimum atomic E-state index is -0.222. The fourth-order valence-electron chi connectivity index (χ4n) is 4.23. The SMILES string of the molecule is CCOC1CC(O)C12CCN(c1nc(C)nc3[nH]ccc13)CC2. The Morgan fingerprint density at radius 2 is 2.17 bits per heavy atom. The van der Waals surface area contributed by atoms with Crippen LogP contribution in [0.15, 0.2) is 12.3 Å². The first-order valence-corrected chi connectivity index (χ1v) is 8.50. The molecule has 2 aromatic rings. The van der Waals surface area contributed by atoms with Crippen molar-refractivity contribution >= 4 is 16.9 Å². The zero-order chi connectivity index (χ0) is 16.0. The van der Waals surface area contributed by atoms with Gasteiger partial charge in [-0.1, -0.05) is 0 Å². The van der Waals surface area contributed by atoms with Crippen molar-refractivity contribution < 1.29 is 9.84 Å². The lowest BCUT2D eigenvalue weighted by Crippen LogP contribution is -2.62. The van der Waals surface area contributed by atoms with E-state index in [1.807, 2.05) is 26.1 Å². The molecule has 2 aliphatic rings. The largest absolute Gasteiger partial charge is 0.392 e. The Morgan fingerprint density at radius 3 is 2.87 bits per heavy atom. The summed E-state index contributed by atoms with van der Waals surface area (Å²) in [6, 6.07) is 2.04. The number of aryl methyl sites for hydroxylation is 1. The summed E-state index contributed by atoms with van der Waals surface area (Å²) < 4.78 is 5.85. The van der Waals surface area contributed by atoms with Gasteiger partial charge in [-0.2, -0.15) is 0 Å². The van der Waals surface area contributed by atoms with Crippen LogP contribution in [0.1, 0.15) is 32.0 Å². The van der Waals surface area contributed by atoms with E-state index < -0.39 is 0 Å². The second kappa shape index (κ2) is 5.46. The highest BCUT2D eigenvalue weighted by molar-refractivity contribution is 5.87. The van der Waals surface area contributed by atoms with Crippen LogP contribution in [0.5, 0.6) is 0 Å². The molecule has 23 heavy (non-hydrogen) atoms. The Kier molecular flexibility index (Phi) is 3.54. The molecular formula is C17H24N4O2. The van der Waals surface area contributed by atoms with Gasteiger partial charge in [-0.15, -0.1) is 0 Å². The fourth-order valence-corrected chi connectivity index (χ4v) is 4.23. The van der Waals surface area contributed by atoms with Crippen molar-refractivity contribution in [3.8, 4) is 0 Å². The molecule has 1 spiro atoms. The van der Waals surface area contributed by atoms with Crippen molar-refractivity contribution in [1.82, 2.24) is 15.0 Å². The molecule has 1 aliphatic heterocycles. The molecule has 6 nitrogen and oxygen atoms in total. The Labute approximate surface area is 135 Å². The number of H-pyrrole nitrogens is 1. The van der Waals surface area contributed by atoms with Crippen LogP contribution in [-0.2, 0) is 4.74 Å². The summed E-state index contributed by atoms with van der Waals surface area (Å²) in [5.41, 5.74) is 0.843. The van der Waals surface area contributed by atoms with Crippen molar-refractivity contribution in [1.29, 1.82) is 0 Å². The number of aliphatic hydroxyl groups excluding tert-OH is 1. The number of aromatic amines is 1. The van der Waals surface area contributed by atoms with Gasteiger partial charge < -0.3 is 19.7 Å². The van der Waals surface area contributed by atoms with Gasteiger partial charge in [0.15, 0.2) is 0 Å². The van der Waals surface area contributed by atoms with Gasteiger partial charge >= 0.3 is 0 Å². The normalized spacial score (nSPS) is 26.7. The first-order chi connectivity index (χ1) is 11.1. The van der Waals surface area contributed by atoms with Gasteiger partial charge in [0.05, 0.1) is 17.6 Å². The number of hydrogen-bond donors (Lipinski definition) is 2. The molecule has 0 aromatic carbocycles. The number of ether oxygens (including phenoxy) is 1. The number of hydrogen-bond acceptors (Lipinski definition) is 5. The summed E-state index contributed by atoms with van der Waals surface area (Å²) in [5.74, 6) is 1.79. The van der Waals surface area contributed by atoms with Crippen LogP contribution in [0.3, 0.4) is 0 Å². The van der Waals surface area contributed by atoms with E-state index in [1.54, 1.807) is 0 Å². The Bertz CT molecular complexity index is 704. The molecular weight excluding hydrogens is 292 g/mol. The number of nitrogens with zero attached hydrogens (tertiary/aromatic N) is 3. The molecule has 2 atom stereocenters. The number of anilines is 1. The monoisotopic (exact) mass is 316 g/mol. The quantitative estimate of drug-likeness (QED) is 0.906. The Morgan fingerprint density at radius 1 is 1.39 bits per heavy atom. The predicted octanol–water partition coefficient (Wildman–Crippen LogP) is 2.02. The second-order valence-corrected chi connectivity index (χ2v) is 6.75. The molecule has 0 bridgehead atoms. The molecule has 0 amide bonds. The van der Waals surface area contributed by atoms with Crippen LogP contribution in [-0.4, -0.2) is 52.0 Å². The summed E-state index contributed by atoms with van der Waals surface area (Å²) >= 11 is 0. The van der Waals surface area contributed by atoms with E-state index in [0.717, 1.165) is 61.6 Å². The molecule has 2 N–H and O–H groups in total. The van der Waals surface area contributed by atoms with E-state index in [-0.39, 0.29) is 17.6 Å². The zero-order valence-corrected chi connectivity index (χ0v) is 13.7. The lowest BCUT2D eigenvalue weighted by atomic mass is 9.58. The maximum Gasteiger partial charge on any atom is 0.143 e. The van der Waals surface area contributed by atoms with Crippen LogP contribution < -0.4 is 4.90 Å². The lowest BCUT2D eigenvalue weighted by Gasteiger charge is -2.56. The number of fused-ring (bicyclic) bond motifs is 1. The van der Waals surface area contributed by atoms with Crippen LogP contribution in [0.2, 0.25) is 0 Å². The zero-order valence-electron chi connectivity index (χ0n) is 13.7. The minimum absolute atomic E-state index is 0.0498. The van der Waals surface area contributed by atoms with Gasteiger partial charge in [0.25, 0.3) is 0 Å². The predicted molar refractivity (Wildman–Crippen MR) is 88.5 cm³/mol. The van der Waals surface area contributed by atoms with Gasteiger partial charge in [-0.05, 0) is 32.8 Å². The van der Waals surface area contributed by atoms with Crippen LogP contribution in [0.25, 0.3) is 11.0 Å². The number of aromatic nitrogens is 3. The third-order valence-corrected chi connectivity index (χ3v) is 5.61. The standard InChI is InChI=1S/C17H24N4O2/c1-3-23-14-10-13(22)17(14)5-8-21(9-6-17)16-12-4-7-18-15(12)19-11(2)20-16/h4,7,13-14,22H,3,5-6,8-10H2,1-2H3,(H,18,19,20). The van der Waals surface area contributed by atoms with Crippen molar-refractivity contribution in [3.63, 3.8) is 0 Å². The third kappa shape index (κ3) is 2.23. The van der Waals surface area contributed by atoms with Crippen molar-refractivity contribution in [2.24, 2.45) is 5.41 Å². The highest BCUT2D eigenvalue weighted by atomic mass is 16.5. The summed E-state index contributed by atoms with van der Waals surface area (Å²) in [6.45, 7) is 6.47. The molecule has 2 aromatic heterocycles. The molecule has 2 fully saturated rings. The molecule has 3 heterocycles. The fraction of sp³-hybridized carbons (Fsp3) is 0.647. The van der Waals surface area contributed by atoms with Crippen molar-refractivity contribution in [2.75, 3.05) is 24.6 Å². The van der Waals surface area contributed by atoms with Crippen LogP contribution in [0.4, 0.5) is 5.82 Å². The third-order valence-electron chi connectivity index (χ3n) is 5.61. The first kappa shape index (κ1) is 14.9. The molecule has 1 saturated carbocycles. The van der Waals surface area contributed by atoms with Crippen LogP contribution in [0, 0.1) is 12.3 Å². The molecule has 1 aliphatic carbocycles. The van der Waals surface area contributed by atoms with Crippen molar-refractivity contribution in [2.45, 2.75) is 45.3 Å². The number of piperidine rings is 1. The van der Waals surface area contributed by atoms with E-state index in [4.69, 9.17) is 4.74 Å². The first-order valence-electron chi connectivity index (χ1n) is 8.50. The lowest BCUT2D eigenvalue weighted by molar-refractivity contribution is -0.199. The summed E-state index contributed by atoms with van der Waals surface area (Å²) in [7, 11) is 0.